The summed E-state index contributed by atoms with van der Waals surface area (Å²) in [5.74, 6) is 7.43. The Hall–Kier alpha value is -1.32. The van der Waals surface area contributed by atoms with Crippen molar-refractivity contribution in [1.82, 2.24) is 5.43 Å². The average Bonchev–Trinajstić information content (AvgIpc) is 2.90. The highest BCUT2D eigenvalue weighted by molar-refractivity contribution is 5.78. The predicted molar refractivity (Wildman–Crippen MR) is 88.9 cm³/mol. The van der Waals surface area contributed by atoms with E-state index in [9.17, 15) is 0 Å². The number of aryl methyl sites for hydroxylation is 1. The minimum Gasteiger partial charge on any atom is -0.459 e. The third-order valence-electron chi connectivity index (χ3n) is 4.35. The highest BCUT2D eigenvalue weighted by Gasteiger charge is 2.19. The quantitative estimate of drug-likeness (QED) is 0.539. The Morgan fingerprint density at radius 3 is 2.71 bits per heavy atom. The molecule has 0 saturated carbocycles. The van der Waals surface area contributed by atoms with Crippen LogP contribution in [-0.4, -0.2) is 0 Å². The Balaban J connectivity index is 2.14. The number of hydrazine groups is 1. The van der Waals surface area contributed by atoms with Gasteiger partial charge in [0.1, 0.15) is 11.3 Å². The first-order valence-corrected chi connectivity index (χ1v) is 8.14. The van der Waals surface area contributed by atoms with E-state index in [4.69, 9.17) is 10.3 Å². The van der Waals surface area contributed by atoms with Gasteiger partial charge in [-0.1, -0.05) is 51.2 Å². The first-order valence-electron chi connectivity index (χ1n) is 8.14. The number of fused-ring (bicyclic) bond motifs is 1. The largest absolute Gasteiger partial charge is 0.459 e. The number of benzene rings is 1. The molecular formula is C18H28N2O. The second-order valence-corrected chi connectivity index (χ2v) is 6.06. The SMILES string of the molecule is CCCCC(CC)CC(NN)c1cc2cc(C)ccc2o1. The fourth-order valence-electron chi connectivity index (χ4n) is 2.94. The topological polar surface area (TPSA) is 51.2 Å². The predicted octanol–water partition coefficient (Wildman–Crippen LogP) is 4.85. The minimum atomic E-state index is 0.0968. The lowest BCUT2D eigenvalue weighted by Crippen LogP contribution is -2.29. The number of nitrogens with two attached hydrogens (primary N) is 1. The Morgan fingerprint density at radius 1 is 1.24 bits per heavy atom. The van der Waals surface area contributed by atoms with Crippen molar-refractivity contribution in [2.24, 2.45) is 11.8 Å². The van der Waals surface area contributed by atoms with Gasteiger partial charge in [-0.2, -0.15) is 0 Å². The molecule has 1 aromatic heterocycles. The van der Waals surface area contributed by atoms with Crippen molar-refractivity contribution in [3.63, 3.8) is 0 Å². The lowest BCUT2D eigenvalue weighted by Gasteiger charge is -2.20. The Kier molecular flexibility index (Phi) is 5.83. The van der Waals surface area contributed by atoms with Gasteiger partial charge >= 0.3 is 0 Å². The van der Waals surface area contributed by atoms with Gasteiger partial charge in [0.15, 0.2) is 0 Å². The van der Waals surface area contributed by atoms with E-state index in [-0.39, 0.29) is 6.04 Å². The van der Waals surface area contributed by atoms with Gasteiger partial charge in [-0.05, 0) is 37.5 Å². The van der Waals surface area contributed by atoms with Crippen LogP contribution < -0.4 is 11.3 Å². The fourth-order valence-corrected chi connectivity index (χ4v) is 2.94. The van der Waals surface area contributed by atoms with E-state index >= 15 is 0 Å². The molecule has 3 heteroatoms. The summed E-state index contributed by atoms with van der Waals surface area (Å²) in [6, 6.07) is 8.50. The summed E-state index contributed by atoms with van der Waals surface area (Å²) in [6.45, 7) is 6.60. The summed E-state index contributed by atoms with van der Waals surface area (Å²) >= 11 is 0. The van der Waals surface area contributed by atoms with Crippen LogP contribution in [0, 0.1) is 12.8 Å². The zero-order chi connectivity index (χ0) is 15.2. The van der Waals surface area contributed by atoms with Gasteiger partial charge < -0.3 is 4.42 Å². The highest BCUT2D eigenvalue weighted by atomic mass is 16.3. The zero-order valence-electron chi connectivity index (χ0n) is 13.5. The van der Waals surface area contributed by atoms with Crippen LogP contribution in [0.5, 0.6) is 0 Å². The van der Waals surface area contributed by atoms with Crippen molar-refractivity contribution < 1.29 is 4.42 Å². The van der Waals surface area contributed by atoms with Gasteiger partial charge in [0.25, 0.3) is 0 Å². The molecule has 2 atom stereocenters. The normalized spacial score (nSPS) is 14.5. The number of hydrogen-bond donors (Lipinski definition) is 2. The summed E-state index contributed by atoms with van der Waals surface area (Å²) < 4.78 is 5.98. The summed E-state index contributed by atoms with van der Waals surface area (Å²) in [4.78, 5) is 0. The van der Waals surface area contributed by atoms with Gasteiger partial charge in [-0.3, -0.25) is 5.84 Å². The number of unbranched alkanes of at least 4 members (excludes halogenated alkanes) is 1. The van der Waals surface area contributed by atoms with Crippen LogP contribution in [0.15, 0.2) is 28.7 Å². The van der Waals surface area contributed by atoms with Crippen LogP contribution in [0.1, 0.15) is 63.3 Å². The van der Waals surface area contributed by atoms with Crippen LogP contribution in [0.4, 0.5) is 0 Å². The number of nitrogens with one attached hydrogen (secondary N) is 1. The van der Waals surface area contributed by atoms with E-state index in [1.54, 1.807) is 0 Å². The molecule has 0 bridgehead atoms. The zero-order valence-corrected chi connectivity index (χ0v) is 13.5. The number of rotatable bonds is 8. The van der Waals surface area contributed by atoms with E-state index < -0.39 is 0 Å². The van der Waals surface area contributed by atoms with Crippen LogP contribution in [0.2, 0.25) is 0 Å². The second kappa shape index (κ2) is 7.62. The van der Waals surface area contributed by atoms with Crippen molar-refractivity contribution in [1.29, 1.82) is 0 Å². The van der Waals surface area contributed by atoms with Crippen molar-refractivity contribution in [2.75, 3.05) is 0 Å². The van der Waals surface area contributed by atoms with E-state index in [2.05, 4.69) is 44.4 Å². The molecule has 0 fully saturated rings. The van der Waals surface area contributed by atoms with Gasteiger partial charge in [-0.15, -0.1) is 0 Å². The summed E-state index contributed by atoms with van der Waals surface area (Å²) in [6.07, 6.45) is 6.03. The molecule has 3 nitrogen and oxygen atoms in total. The third kappa shape index (κ3) is 4.08. The Morgan fingerprint density at radius 2 is 2.05 bits per heavy atom. The molecule has 1 heterocycles. The molecule has 2 rings (SSSR count). The molecule has 0 spiro atoms. The summed E-state index contributed by atoms with van der Waals surface area (Å²) in [5, 5.41) is 1.16. The molecule has 0 aliphatic heterocycles. The molecule has 0 aliphatic rings. The summed E-state index contributed by atoms with van der Waals surface area (Å²) in [7, 11) is 0. The Bertz CT molecular complexity index is 561. The summed E-state index contributed by atoms with van der Waals surface area (Å²) in [5.41, 5.74) is 5.13. The molecule has 0 aliphatic carbocycles. The number of furan rings is 1. The molecule has 3 N–H and O–H groups in total. The van der Waals surface area contributed by atoms with Gasteiger partial charge in [-0.25, -0.2) is 5.43 Å². The minimum absolute atomic E-state index is 0.0968. The van der Waals surface area contributed by atoms with E-state index in [1.807, 2.05) is 6.07 Å². The first-order chi connectivity index (χ1) is 10.2. The maximum atomic E-state index is 5.98. The van der Waals surface area contributed by atoms with Gasteiger partial charge in [0.2, 0.25) is 0 Å². The van der Waals surface area contributed by atoms with Crippen molar-refractivity contribution >= 4 is 11.0 Å². The fraction of sp³-hybridized carbons (Fsp3) is 0.556. The lowest BCUT2D eigenvalue weighted by molar-refractivity contribution is 0.325. The lowest BCUT2D eigenvalue weighted by atomic mass is 9.91. The molecule has 21 heavy (non-hydrogen) atoms. The van der Waals surface area contributed by atoms with Gasteiger partial charge in [0.05, 0.1) is 6.04 Å². The van der Waals surface area contributed by atoms with E-state index in [1.165, 1.54) is 31.2 Å². The van der Waals surface area contributed by atoms with Crippen LogP contribution in [-0.2, 0) is 0 Å². The standard InChI is InChI=1S/C18H28N2O/c1-4-6-7-14(5-2)11-16(20-19)18-12-15-10-13(3)8-9-17(15)21-18/h8-10,12,14,16,20H,4-7,11,19H2,1-3H3. The smallest absolute Gasteiger partial charge is 0.134 e. The molecule has 116 valence electrons. The average molecular weight is 288 g/mol. The van der Waals surface area contributed by atoms with E-state index in [0.717, 1.165) is 23.2 Å². The second-order valence-electron chi connectivity index (χ2n) is 6.06. The van der Waals surface area contributed by atoms with Crippen LogP contribution in [0.3, 0.4) is 0 Å². The van der Waals surface area contributed by atoms with E-state index in [0.29, 0.717) is 5.92 Å². The highest BCUT2D eigenvalue weighted by Crippen LogP contribution is 2.30. The van der Waals surface area contributed by atoms with Crippen molar-refractivity contribution in [3.05, 3.63) is 35.6 Å². The molecule has 0 radical (unpaired) electrons. The van der Waals surface area contributed by atoms with Gasteiger partial charge in [0, 0.05) is 5.39 Å². The van der Waals surface area contributed by atoms with Crippen LogP contribution in [0.25, 0.3) is 11.0 Å². The molecule has 1 aromatic carbocycles. The third-order valence-corrected chi connectivity index (χ3v) is 4.35. The van der Waals surface area contributed by atoms with Crippen molar-refractivity contribution in [3.8, 4) is 0 Å². The van der Waals surface area contributed by atoms with Crippen LogP contribution >= 0.6 is 0 Å². The molecule has 0 saturated heterocycles. The van der Waals surface area contributed by atoms with Crippen molar-refractivity contribution in [2.45, 2.75) is 58.9 Å². The molecule has 2 aromatic rings. The maximum absolute atomic E-state index is 5.98. The maximum Gasteiger partial charge on any atom is 0.134 e. The molecular weight excluding hydrogens is 260 g/mol. The molecule has 0 amide bonds. The Labute approximate surface area is 127 Å². The molecule has 2 unspecified atom stereocenters. The number of hydrogen-bond acceptors (Lipinski definition) is 3. The first kappa shape index (κ1) is 16.1. The monoisotopic (exact) mass is 288 g/mol.